The van der Waals surface area contributed by atoms with E-state index in [1.807, 2.05) is 26.2 Å². The molecule has 2 N–H and O–H groups in total. The van der Waals surface area contributed by atoms with Crippen molar-refractivity contribution in [2.45, 2.75) is 4.90 Å². The number of fused-ring (bicyclic) bond motifs is 1. The van der Waals surface area contributed by atoms with Crippen molar-refractivity contribution >= 4 is 20.9 Å². The lowest BCUT2D eigenvalue weighted by atomic mass is 10.2. The molecule has 2 aromatic rings. The number of hydrogen-bond acceptors (Lipinski definition) is 3. The zero-order valence-electron chi connectivity index (χ0n) is 9.08. The van der Waals surface area contributed by atoms with Crippen LogP contribution < -0.4 is 10.1 Å². The van der Waals surface area contributed by atoms with E-state index in [4.69, 9.17) is 5.14 Å². The second-order valence-electron chi connectivity index (χ2n) is 3.75. The molecule has 5 nitrogen and oxygen atoms in total. The molecule has 1 aromatic heterocycles. The highest BCUT2D eigenvalue weighted by atomic mass is 32.2. The Bertz CT molecular complexity index is 629. The number of sulfonamides is 1. The summed E-state index contributed by atoms with van der Waals surface area (Å²) in [7, 11) is -0.0242. The summed E-state index contributed by atoms with van der Waals surface area (Å²) in [6.07, 6.45) is 1.53. The van der Waals surface area contributed by atoms with Crippen LogP contribution in [0.15, 0.2) is 35.4 Å². The number of nitrogens with two attached hydrogens (primary N) is 1. The molecule has 1 aromatic carbocycles. The van der Waals surface area contributed by atoms with E-state index in [1.54, 1.807) is 21.8 Å². The molecular formula is C10H13N3O2S. The molecule has 0 atom stereocenters. The Labute approximate surface area is 94.1 Å². The Kier molecular flexibility index (Phi) is 2.40. The molecule has 2 rings (SSSR count). The average Bonchev–Trinajstić information content (AvgIpc) is 2.56. The van der Waals surface area contributed by atoms with E-state index >= 15 is 0 Å². The summed E-state index contributed by atoms with van der Waals surface area (Å²) in [4.78, 5) is 0.150. The van der Waals surface area contributed by atoms with Crippen molar-refractivity contribution in [2.75, 3.05) is 19.1 Å². The standard InChI is InChI=1S/C10H13N3O2S/c1-12(2)13-7-10(16(11,14)15)8-5-3-4-6-9(8)13/h3-7H,1-2H3,(H2,11,14,15). The molecule has 0 bridgehead atoms. The van der Waals surface area contributed by atoms with Crippen LogP contribution in [-0.4, -0.2) is 27.2 Å². The molecule has 0 radical (unpaired) electrons. The normalized spacial score (nSPS) is 11.9. The van der Waals surface area contributed by atoms with Crippen LogP contribution in [0.25, 0.3) is 10.9 Å². The number of nitrogens with zero attached hydrogens (tertiary/aromatic N) is 2. The van der Waals surface area contributed by atoms with Gasteiger partial charge in [-0.05, 0) is 6.07 Å². The molecule has 1 heterocycles. The molecule has 0 aliphatic rings. The molecule has 86 valence electrons. The van der Waals surface area contributed by atoms with Crippen LogP contribution in [0.2, 0.25) is 0 Å². The van der Waals surface area contributed by atoms with Gasteiger partial charge in [0.15, 0.2) is 0 Å². The molecular weight excluding hydrogens is 226 g/mol. The first-order chi connectivity index (χ1) is 7.41. The Hall–Kier alpha value is -1.53. The number of rotatable bonds is 2. The molecule has 0 amide bonds. The van der Waals surface area contributed by atoms with Crippen LogP contribution in [0.4, 0.5) is 0 Å². The fraction of sp³-hybridized carbons (Fsp3) is 0.200. The van der Waals surface area contributed by atoms with E-state index in [2.05, 4.69) is 0 Å². The Morgan fingerprint density at radius 2 is 1.88 bits per heavy atom. The summed E-state index contributed by atoms with van der Waals surface area (Å²) in [6, 6.07) is 7.24. The average molecular weight is 239 g/mol. The van der Waals surface area contributed by atoms with Crippen molar-refractivity contribution in [1.82, 2.24) is 4.68 Å². The first kappa shape index (κ1) is 11.0. The van der Waals surface area contributed by atoms with Crippen LogP contribution in [0.1, 0.15) is 0 Å². The second kappa shape index (κ2) is 3.50. The first-order valence-electron chi connectivity index (χ1n) is 4.72. The Morgan fingerprint density at radius 1 is 1.25 bits per heavy atom. The minimum atomic E-state index is -3.69. The highest BCUT2D eigenvalue weighted by molar-refractivity contribution is 7.89. The van der Waals surface area contributed by atoms with Crippen LogP contribution in [0.3, 0.4) is 0 Å². The van der Waals surface area contributed by atoms with E-state index < -0.39 is 10.0 Å². The lowest BCUT2D eigenvalue weighted by Crippen LogP contribution is -2.23. The first-order valence-corrected chi connectivity index (χ1v) is 6.26. The summed E-state index contributed by atoms with van der Waals surface area (Å²) in [6.45, 7) is 0. The van der Waals surface area contributed by atoms with Gasteiger partial charge in [-0.3, -0.25) is 4.68 Å². The molecule has 6 heteroatoms. The summed E-state index contributed by atoms with van der Waals surface area (Å²) in [5.41, 5.74) is 0.816. The van der Waals surface area contributed by atoms with Crippen molar-refractivity contribution in [2.24, 2.45) is 5.14 Å². The zero-order chi connectivity index (χ0) is 11.9. The van der Waals surface area contributed by atoms with Gasteiger partial charge >= 0.3 is 0 Å². The molecule has 0 spiro atoms. The number of hydrogen-bond donors (Lipinski definition) is 1. The fourth-order valence-electron chi connectivity index (χ4n) is 1.69. The summed E-state index contributed by atoms with van der Waals surface area (Å²) < 4.78 is 24.6. The highest BCUT2D eigenvalue weighted by Gasteiger charge is 2.17. The van der Waals surface area contributed by atoms with Gasteiger partial charge in [-0.2, -0.15) is 0 Å². The lowest BCUT2D eigenvalue weighted by molar-refractivity contribution is 0.598. The van der Waals surface area contributed by atoms with Crippen molar-refractivity contribution in [3.63, 3.8) is 0 Å². The van der Waals surface area contributed by atoms with Gasteiger partial charge < -0.3 is 5.01 Å². The SMILES string of the molecule is CN(C)n1cc(S(N)(=O)=O)c2ccccc21. The summed E-state index contributed by atoms with van der Waals surface area (Å²) >= 11 is 0. The van der Waals surface area contributed by atoms with E-state index in [0.717, 1.165) is 5.52 Å². The van der Waals surface area contributed by atoms with Gasteiger partial charge in [0, 0.05) is 25.7 Å². The van der Waals surface area contributed by atoms with Crippen LogP contribution >= 0.6 is 0 Å². The van der Waals surface area contributed by atoms with Gasteiger partial charge in [-0.1, -0.05) is 18.2 Å². The Balaban J connectivity index is 2.88. The van der Waals surface area contributed by atoms with Crippen molar-refractivity contribution in [3.8, 4) is 0 Å². The predicted molar refractivity (Wildman–Crippen MR) is 63.4 cm³/mol. The maximum atomic E-state index is 11.4. The van der Waals surface area contributed by atoms with Crippen molar-refractivity contribution in [1.29, 1.82) is 0 Å². The van der Waals surface area contributed by atoms with Crippen LogP contribution in [-0.2, 0) is 10.0 Å². The van der Waals surface area contributed by atoms with Gasteiger partial charge in [0.05, 0.1) is 5.52 Å². The maximum Gasteiger partial charge on any atom is 0.240 e. The van der Waals surface area contributed by atoms with Gasteiger partial charge in [-0.25, -0.2) is 13.6 Å². The molecule has 16 heavy (non-hydrogen) atoms. The fourth-order valence-corrected chi connectivity index (χ4v) is 2.42. The number of aromatic nitrogens is 1. The van der Waals surface area contributed by atoms with Crippen molar-refractivity contribution in [3.05, 3.63) is 30.5 Å². The minimum absolute atomic E-state index is 0.150. The van der Waals surface area contributed by atoms with E-state index in [-0.39, 0.29) is 4.90 Å². The quantitative estimate of drug-likeness (QED) is 0.829. The Morgan fingerprint density at radius 3 is 2.44 bits per heavy atom. The molecule has 0 aliphatic carbocycles. The maximum absolute atomic E-state index is 11.4. The van der Waals surface area contributed by atoms with Gasteiger partial charge in [0.25, 0.3) is 0 Å². The van der Waals surface area contributed by atoms with E-state index in [0.29, 0.717) is 5.39 Å². The molecule has 0 unspecified atom stereocenters. The van der Waals surface area contributed by atoms with Crippen LogP contribution in [0, 0.1) is 0 Å². The minimum Gasteiger partial charge on any atom is -0.319 e. The largest absolute Gasteiger partial charge is 0.319 e. The van der Waals surface area contributed by atoms with E-state index in [9.17, 15) is 8.42 Å². The van der Waals surface area contributed by atoms with Gasteiger partial charge in [-0.15, -0.1) is 0 Å². The van der Waals surface area contributed by atoms with Crippen molar-refractivity contribution < 1.29 is 8.42 Å². The van der Waals surface area contributed by atoms with Gasteiger partial charge in [0.2, 0.25) is 10.0 Å². The third-order valence-electron chi connectivity index (χ3n) is 2.39. The van der Waals surface area contributed by atoms with E-state index in [1.165, 1.54) is 6.20 Å². The molecule has 0 saturated heterocycles. The lowest BCUT2D eigenvalue weighted by Gasteiger charge is -2.15. The number of para-hydroxylation sites is 1. The van der Waals surface area contributed by atoms with Gasteiger partial charge in [0.1, 0.15) is 4.90 Å². The predicted octanol–water partition coefficient (Wildman–Crippen LogP) is 0.486. The third-order valence-corrected chi connectivity index (χ3v) is 3.33. The second-order valence-corrected chi connectivity index (χ2v) is 5.28. The zero-order valence-corrected chi connectivity index (χ0v) is 9.90. The monoisotopic (exact) mass is 239 g/mol. The molecule has 0 fully saturated rings. The third kappa shape index (κ3) is 1.66. The molecule has 0 saturated carbocycles. The molecule has 0 aliphatic heterocycles. The summed E-state index contributed by atoms with van der Waals surface area (Å²) in [5.74, 6) is 0. The smallest absolute Gasteiger partial charge is 0.240 e. The number of benzene rings is 1. The number of primary sulfonamides is 1. The highest BCUT2D eigenvalue weighted by Crippen LogP contribution is 2.23. The summed E-state index contributed by atoms with van der Waals surface area (Å²) in [5, 5.41) is 7.60. The van der Waals surface area contributed by atoms with Crippen LogP contribution in [0.5, 0.6) is 0 Å². The topological polar surface area (TPSA) is 68.3 Å².